The van der Waals surface area contributed by atoms with E-state index in [0.717, 1.165) is 48.4 Å². The van der Waals surface area contributed by atoms with E-state index in [4.69, 9.17) is 18.9 Å². The van der Waals surface area contributed by atoms with Crippen molar-refractivity contribution in [1.29, 1.82) is 0 Å². The Hall–Kier alpha value is -1.76. The smallest absolute Gasteiger partial charge is 0.164 e. The third kappa shape index (κ3) is 4.62. The molecule has 0 aliphatic carbocycles. The number of methoxy groups -OCH3 is 3. The van der Waals surface area contributed by atoms with E-state index in [1.807, 2.05) is 12.1 Å². The SMILES string of the molecule is COc1cc(OC)c(OC)cc1CNCC1(c2cccc(Br)c2)CCOCC1. The summed E-state index contributed by atoms with van der Waals surface area (Å²) in [6.07, 6.45) is 2.00. The maximum Gasteiger partial charge on any atom is 0.164 e. The van der Waals surface area contributed by atoms with E-state index in [9.17, 15) is 0 Å². The van der Waals surface area contributed by atoms with Crippen LogP contribution in [-0.4, -0.2) is 41.1 Å². The van der Waals surface area contributed by atoms with Gasteiger partial charge in [-0.2, -0.15) is 0 Å². The molecule has 0 saturated carbocycles. The normalized spacial score (nSPS) is 15.9. The lowest BCUT2D eigenvalue weighted by molar-refractivity contribution is 0.0497. The largest absolute Gasteiger partial charge is 0.496 e. The Morgan fingerprint density at radius 2 is 1.64 bits per heavy atom. The van der Waals surface area contributed by atoms with Gasteiger partial charge in [0.25, 0.3) is 0 Å². The van der Waals surface area contributed by atoms with Gasteiger partial charge in [-0.25, -0.2) is 0 Å². The lowest BCUT2D eigenvalue weighted by Gasteiger charge is -2.38. The predicted octanol–water partition coefficient (Wildman–Crippen LogP) is 4.31. The summed E-state index contributed by atoms with van der Waals surface area (Å²) >= 11 is 3.61. The monoisotopic (exact) mass is 449 g/mol. The molecule has 2 aromatic carbocycles. The second-order valence-corrected chi connectivity index (χ2v) is 7.94. The van der Waals surface area contributed by atoms with Crippen molar-refractivity contribution in [2.45, 2.75) is 24.8 Å². The maximum absolute atomic E-state index is 5.64. The molecule has 1 fully saturated rings. The molecule has 1 heterocycles. The first kappa shape index (κ1) is 21.0. The Bertz CT molecular complexity index is 790. The van der Waals surface area contributed by atoms with Crippen LogP contribution in [0.25, 0.3) is 0 Å². The quantitative estimate of drug-likeness (QED) is 0.650. The molecule has 0 bridgehead atoms. The molecule has 1 aliphatic rings. The molecule has 0 atom stereocenters. The number of benzene rings is 2. The van der Waals surface area contributed by atoms with E-state index >= 15 is 0 Å². The third-order valence-electron chi connectivity index (χ3n) is 5.45. The molecule has 0 amide bonds. The number of ether oxygens (including phenoxy) is 4. The fourth-order valence-electron chi connectivity index (χ4n) is 3.82. The second-order valence-electron chi connectivity index (χ2n) is 7.03. The molecule has 1 aliphatic heterocycles. The first-order valence-corrected chi connectivity index (χ1v) is 10.2. The van der Waals surface area contributed by atoms with E-state index < -0.39 is 0 Å². The van der Waals surface area contributed by atoms with Gasteiger partial charge < -0.3 is 24.3 Å². The van der Waals surface area contributed by atoms with Crippen molar-refractivity contribution in [3.8, 4) is 17.2 Å². The van der Waals surface area contributed by atoms with E-state index in [0.29, 0.717) is 18.0 Å². The summed E-state index contributed by atoms with van der Waals surface area (Å²) in [7, 11) is 4.94. The van der Waals surface area contributed by atoms with Gasteiger partial charge in [-0.3, -0.25) is 0 Å². The molecular weight excluding hydrogens is 422 g/mol. The number of hydrogen-bond donors (Lipinski definition) is 1. The molecule has 1 N–H and O–H groups in total. The van der Waals surface area contributed by atoms with Gasteiger partial charge in [-0.05, 0) is 36.6 Å². The number of hydrogen-bond acceptors (Lipinski definition) is 5. The average molecular weight is 450 g/mol. The minimum Gasteiger partial charge on any atom is -0.496 e. The van der Waals surface area contributed by atoms with E-state index in [2.05, 4.69) is 45.5 Å². The van der Waals surface area contributed by atoms with Crippen LogP contribution in [0.4, 0.5) is 0 Å². The molecule has 1 saturated heterocycles. The van der Waals surface area contributed by atoms with Gasteiger partial charge in [0, 0.05) is 47.8 Å². The molecule has 6 heteroatoms. The Balaban J connectivity index is 1.78. The minimum absolute atomic E-state index is 0.0613. The summed E-state index contributed by atoms with van der Waals surface area (Å²) in [6, 6.07) is 12.5. The lowest BCUT2D eigenvalue weighted by atomic mass is 9.74. The lowest BCUT2D eigenvalue weighted by Crippen LogP contribution is -2.42. The van der Waals surface area contributed by atoms with Crippen molar-refractivity contribution in [1.82, 2.24) is 5.32 Å². The Morgan fingerprint density at radius 3 is 2.29 bits per heavy atom. The highest BCUT2D eigenvalue weighted by molar-refractivity contribution is 9.10. The van der Waals surface area contributed by atoms with Crippen molar-refractivity contribution >= 4 is 15.9 Å². The topological polar surface area (TPSA) is 49.0 Å². The summed E-state index contributed by atoms with van der Waals surface area (Å²) in [5.41, 5.74) is 2.44. The van der Waals surface area contributed by atoms with Gasteiger partial charge in [0.1, 0.15) is 5.75 Å². The van der Waals surface area contributed by atoms with Crippen molar-refractivity contribution in [3.05, 3.63) is 52.0 Å². The third-order valence-corrected chi connectivity index (χ3v) is 5.95. The van der Waals surface area contributed by atoms with Crippen molar-refractivity contribution < 1.29 is 18.9 Å². The summed E-state index contributed by atoms with van der Waals surface area (Å²) in [6.45, 7) is 3.12. The van der Waals surface area contributed by atoms with E-state index in [-0.39, 0.29) is 5.41 Å². The molecule has 152 valence electrons. The van der Waals surface area contributed by atoms with Gasteiger partial charge in [0.05, 0.1) is 21.3 Å². The molecule has 2 aromatic rings. The van der Waals surface area contributed by atoms with Crippen molar-refractivity contribution in [2.75, 3.05) is 41.1 Å². The van der Waals surface area contributed by atoms with Gasteiger partial charge in [0.15, 0.2) is 11.5 Å². The van der Waals surface area contributed by atoms with Crippen LogP contribution >= 0.6 is 15.9 Å². The van der Waals surface area contributed by atoms with Crippen LogP contribution in [0.1, 0.15) is 24.0 Å². The minimum atomic E-state index is 0.0613. The zero-order chi connectivity index (χ0) is 20.0. The number of halogens is 1. The van der Waals surface area contributed by atoms with Gasteiger partial charge in [-0.15, -0.1) is 0 Å². The van der Waals surface area contributed by atoms with E-state index in [1.54, 1.807) is 21.3 Å². The zero-order valence-electron chi connectivity index (χ0n) is 16.7. The fourth-order valence-corrected chi connectivity index (χ4v) is 4.21. The standard InChI is InChI=1S/C22H28BrNO4/c1-25-19-13-21(27-3)20(26-2)11-16(19)14-24-15-22(7-9-28-10-8-22)17-5-4-6-18(23)12-17/h4-6,11-13,24H,7-10,14-15H2,1-3H3. The summed E-state index contributed by atoms with van der Waals surface area (Å²) in [5, 5.41) is 3.65. The van der Waals surface area contributed by atoms with Gasteiger partial charge in [-0.1, -0.05) is 28.1 Å². The highest BCUT2D eigenvalue weighted by Gasteiger charge is 2.34. The van der Waals surface area contributed by atoms with Crippen LogP contribution in [0.2, 0.25) is 0 Å². The Morgan fingerprint density at radius 1 is 0.964 bits per heavy atom. The Kier molecular flexibility index (Phi) is 7.21. The molecule has 5 nitrogen and oxygen atoms in total. The highest BCUT2D eigenvalue weighted by atomic mass is 79.9. The molecule has 3 rings (SSSR count). The summed E-state index contributed by atoms with van der Waals surface area (Å²) < 4.78 is 23.1. The summed E-state index contributed by atoms with van der Waals surface area (Å²) in [4.78, 5) is 0. The van der Waals surface area contributed by atoms with Crippen molar-refractivity contribution in [3.63, 3.8) is 0 Å². The maximum atomic E-state index is 5.64. The molecule has 28 heavy (non-hydrogen) atoms. The van der Waals surface area contributed by atoms with Crippen LogP contribution in [0.3, 0.4) is 0 Å². The summed E-state index contributed by atoms with van der Waals surface area (Å²) in [5.74, 6) is 2.15. The van der Waals surface area contributed by atoms with Gasteiger partial charge in [0.2, 0.25) is 0 Å². The second kappa shape index (κ2) is 9.63. The first-order valence-electron chi connectivity index (χ1n) is 9.45. The number of nitrogens with one attached hydrogen (secondary N) is 1. The van der Waals surface area contributed by atoms with E-state index in [1.165, 1.54) is 5.56 Å². The predicted molar refractivity (Wildman–Crippen MR) is 114 cm³/mol. The highest BCUT2D eigenvalue weighted by Crippen LogP contribution is 2.37. The molecule has 0 spiro atoms. The van der Waals surface area contributed by atoms with Crippen molar-refractivity contribution in [2.24, 2.45) is 0 Å². The Labute approximate surface area is 175 Å². The first-order chi connectivity index (χ1) is 13.6. The zero-order valence-corrected chi connectivity index (χ0v) is 18.3. The van der Waals surface area contributed by atoms with Gasteiger partial charge >= 0.3 is 0 Å². The molecule has 0 radical (unpaired) electrons. The van der Waals surface area contributed by atoms with Crippen LogP contribution in [-0.2, 0) is 16.7 Å². The molecule has 0 unspecified atom stereocenters. The number of rotatable bonds is 8. The van der Waals surface area contributed by atoms with Crippen LogP contribution < -0.4 is 19.5 Å². The fraction of sp³-hybridized carbons (Fsp3) is 0.455. The van der Waals surface area contributed by atoms with Crippen LogP contribution in [0, 0.1) is 0 Å². The van der Waals surface area contributed by atoms with Crippen LogP contribution in [0.5, 0.6) is 17.2 Å². The molecular formula is C22H28BrNO4. The molecule has 0 aromatic heterocycles. The average Bonchev–Trinajstić information content (AvgIpc) is 2.74. The van der Waals surface area contributed by atoms with Crippen LogP contribution in [0.15, 0.2) is 40.9 Å².